The predicted octanol–water partition coefficient (Wildman–Crippen LogP) is 3.29. The molecule has 2 amide bonds. The first-order chi connectivity index (χ1) is 10.3. The van der Waals surface area contributed by atoms with Gasteiger partial charge in [0.1, 0.15) is 0 Å². The number of thiophene rings is 1. The Morgan fingerprint density at radius 3 is 2.64 bits per heavy atom. The van der Waals surface area contributed by atoms with Crippen molar-refractivity contribution in [2.75, 3.05) is 19.8 Å². The lowest BCUT2D eigenvalue weighted by Crippen LogP contribution is -2.43. The van der Waals surface area contributed by atoms with Gasteiger partial charge < -0.3 is 20.1 Å². The number of ether oxygens (including phenoxy) is 2. The first-order valence-electron chi connectivity index (χ1n) is 7.66. The van der Waals surface area contributed by atoms with Crippen molar-refractivity contribution in [3.8, 4) is 0 Å². The molecule has 2 N–H and O–H groups in total. The second-order valence-electron chi connectivity index (χ2n) is 6.80. The molecule has 0 unspecified atom stereocenters. The first-order valence-corrected chi connectivity index (χ1v) is 8.54. The molecular formula is C16H26N2O3S. The van der Waals surface area contributed by atoms with Crippen LogP contribution in [0.1, 0.15) is 45.0 Å². The van der Waals surface area contributed by atoms with Crippen LogP contribution < -0.4 is 10.6 Å². The van der Waals surface area contributed by atoms with Crippen LogP contribution >= 0.6 is 11.3 Å². The monoisotopic (exact) mass is 326 g/mol. The average molecular weight is 326 g/mol. The Morgan fingerprint density at radius 2 is 2.09 bits per heavy atom. The van der Waals surface area contributed by atoms with E-state index in [0.717, 1.165) is 4.88 Å². The molecule has 0 saturated carbocycles. The van der Waals surface area contributed by atoms with Gasteiger partial charge in [-0.25, -0.2) is 4.79 Å². The highest BCUT2D eigenvalue weighted by Gasteiger charge is 2.31. The van der Waals surface area contributed by atoms with Crippen LogP contribution in [0, 0.1) is 5.41 Å². The van der Waals surface area contributed by atoms with E-state index in [1.807, 2.05) is 18.4 Å². The summed E-state index contributed by atoms with van der Waals surface area (Å²) in [6.45, 7) is 10.0. The Morgan fingerprint density at radius 1 is 1.41 bits per heavy atom. The second kappa shape index (κ2) is 6.98. The van der Waals surface area contributed by atoms with Crippen LogP contribution in [-0.4, -0.2) is 31.6 Å². The number of rotatable bonds is 5. The summed E-state index contributed by atoms with van der Waals surface area (Å²) < 4.78 is 11.0. The van der Waals surface area contributed by atoms with E-state index in [1.165, 1.54) is 0 Å². The molecule has 1 saturated heterocycles. The van der Waals surface area contributed by atoms with Gasteiger partial charge in [-0.15, -0.1) is 11.3 Å². The molecule has 1 aliphatic rings. The van der Waals surface area contributed by atoms with Gasteiger partial charge in [-0.1, -0.05) is 26.8 Å². The zero-order chi connectivity index (χ0) is 16.2. The van der Waals surface area contributed by atoms with E-state index in [2.05, 4.69) is 37.5 Å². The fourth-order valence-electron chi connectivity index (χ4n) is 2.46. The molecule has 0 bridgehead atoms. The van der Waals surface area contributed by atoms with Crippen LogP contribution in [0.15, 0.2) is 17.5 Å². The summed E-state index contributed by atoms with van der Waals surface area (Å²) in [5.41, 5.74) is -0.0498. The van der Waals surface area contributed by atoms with Crippen molar-refractivity contribution in [1.82, 2.24) is 10.6 Å². The topological polar surface area (TPSA) is 59.6 Å². The lowest BCUT2D eigenvalue weighted by atomic mass is 9.86. The third-order valence-electron chi connectivity index (χ3n) is 3.73. The number of carbonyl (C=O) groups excluding carboxylic acids is 1. The van der Waals surface area contributed by atoms with E-state index in [1.54, 1.807) is 11.3 Å². The van der Waals surface area contributed by atoms with Crippen molar-refractivity contribution >= 4 is 17.4 Å². The molecule has 6 heteroatoms. The summed E-state index contributed by atoms with van der Waals surface area (Å²) in [6, 6.07) is 3.90. The van der Waals surface area contributed by atoms with E-state index in [-0.39, 0.29) is 17.5 Å². The van der Waals surface area contributed by atoms with Crippen LogP contribution in [0.3, 0.4) is 0 Å². The van der Waals surface area contributed by atoms with Gasteiger partial charge in [-0.2, -0.15) is 0 Å². The lowest BCUT2D eigenvalue weighted by molar-refractivity contribution is -0.145. The normalized spacial score (nSPS) is 18.9. The van der Waals surface area contributed by atoms with Crippen molar-refractivity contribution in [3.63, 3.8) is 0 Å². The molecule has 124 valence electrons. The van der Waals surface area contributed by atoms with Crippen molar-refractivity contribution in [3.05, 3.63) is 22.4 Å². The van der Waals surface area contributed by atoms with Gasteiger partial charge in [-0.3, -0.25) is 0 Å². The summed E-state index contributed by atoms with van der Waals surface area (Å²) in [5, 5.41) is 8.00. The minimum absolute atomic E-state index is 0.0120. The maximum absolute atomic E-state index is 12.2. The fraction of sp³-hybridized carbons (Fsp3) is 0.688. The molecule has 1 fully saturated rings. The van der Waals surface area contributed by atoms with Gasteiger partial charge in [0.2, 0.25) is 0 Å². The fourth-order valence-corrected chi connectivity index (χ4v) is 3.48. The minimum atomic E-state index is -0.565. The van der Waals surface area contributed by atoms with Crippen molar-refractivity contribution in [2.45, 2.75) is 45.9 Å². The molecule has 0 spiro atoms. The Balaban J connectivity index is 1.84. The number of urea groups is 1. The molecule has 2 rings (SSSR count). The summed E-state index contributed by atoms with van der Waals surface area (Å²) in [5.74, 6) is -0.565. The number of hydrogen-bond donors (Lipinski definition) is 2. The van der Waals surface area contributed by atoms with Crippen LogP contribution in [0.4, 0.5) is 4.79 Å². The molecule has 2 heterocycles. The van der Waals surface area contributed by atoms with Crippen LogP contribution in [0.25, 0.3) is 0 Å². The standard InChI is InChI=1S/C16H26N2O3S/c1-15(2,3)13(12-6-5-11-22-12)18-14(19)17-8-7-16(4)20-9-10-21-16/h5-6,11,13H,7-10H2,1-4H3,(H2,17,18,19)/t13-/m0/s1. The summed E-state index contributed by atoms with van der Waals surface area (Å²) >= 11 is 1.66. The summed E-state index contributed by atoms with van der Waals surface area (Å²) in [6.07, 6.45) is 0.638. The van der Waals surface area contributed by atoms with Gasteiger partial charge in [0.05, 0.1) is 19.3 Å². The summed E-state index contributed by atoms with van der Waals surface area (Å²) in [4.78, 5) is 13.3. The highest BCUT2D eigenvalue weighted by molar-refractivity contribution is 7.10. The number of nitrogens with one attached hydrogen (secondary N) is 2. The Labute approximate surface area is 136 Å². The van der Waals surface area contributed by atoms with Crippen molar-refractivity contribution in [2.24, 2.45) is 5.41 Å². The maximum Gasteiger partial charge on any atom is 0.315 e. The quantitative estimate of drug-likeness (QED) is 0.873. The predicted molar refractivity (Wildman–Crippen MR) is 88.0 cm³/mol. The van der Waals surface area contributed by atoms with Crippen LogP contribution in [0.5, 0.6) is 0 Å². The highest BCUT2D eigenvalue weighted by atomic mass is 32.1. The Bertz CT molecular complexity index is 476. The molecule has 1 aromatic rings. The highest BCUT2D eigenvalue weighted by Crippen LogP contribution is 2.35. The van der Waals surface area contributed by atoms with Gasteiger partial charge in [0.15, 0.2) is 5.79 Å². The largest absolute Gasteiger partial charge is 0.348 e. The van der Waals surface area contributed by atoms with Gasteiger partial charge in [-0.05, 0) is 23.8 Å². The van der Waals surface area contributed by atoms with Gasteiger partial charge >= 0.3 is 6.03 Å². The third kappa shape index (κ3) is 4.69. The maximum atomic E-state index is 12.2. The molecule has 0 aliphatic carbocycles. The molecule has 22 heavy (non-hydrogen) atoms. The number of carbonyl (C=O) groups is 1. The average Bonchev–Trinajstić information content (AvgIpc) is 3.06. The zero-order valence-corrected chi connectivity index (χ0v) is 14.6. The SMILES string of the molecule is CC1(CCNC(=O)N[C@@H](c2cccs2)C(C)(C)C)OCCO1. The van der Waals surface area contributed by atoms with E-state index < -0.39 is 5.79 Å². The molecule has 0 radical (unpaired) electrons. The Kier molecular flexibility index (Phi) is 5.47. The molecule has 1 atom stereocenters. The third-order valence-corrected chi connectivity index (χ3v) is 4.67. The molecule has 0 aromatic carbocycles. The molecule has 5 nitrogen and oxygen atoms in total. The van der Waals surface area contributed by atoms with Crippen LogP contribution in [0.2, 0.25) is 0 Å². The zero-order valence-electron chi connectivity index (χ0n) is 13.8. The number of hydrogen-bond acceptors (Lipinski definition) is 4. The molecule has 1 aromatic heterocycles. The number of amides is 2. The van der Waals surface area contributed by atoms with Gasteiger partial charge in [0, 0.05) is 17.8 Å². The second-order valence-corrected chi connectivity index (χ2v) is 7.77. The van der Waals surface area contributed by atoms with Crippen molar-refractivity contribution in [1.29, 1.82) is 0 Å². The molecular weight excluding hydrogens is 300 g/mol. The van der Waals surface area contributed by atoms with Gasteiger partial charge in [0.25, 0.3) is 0 Å². The first kappa shape index (κ1) is 17.2. The smallest absolute Gasteiger partial charge is 0.315 e. The van der Waals surface area contributed by atoms with Crippen molar-refractivity contribution < 1.29 is 14.3 Å². The minimum Gasteiger partial charge on any atom is -0.348 e. The molecule has 1 aliphatic heterocycles. The Hall–Kier alpha value is -1.11. The summed E-state index contributed by atoms with van der Waals surface area (Å²) in [7, 11) is 0. The van der Waals surface area contributed by atoms with E-state index >= 15 is 0 Å². The van der Waals surface area contributed by atoms with E-state index in [4.69, 9.17) is 9.47 Å². The lowest BCUT2D eigenvalue weighted by Gasteiger charge is -2.31. The van der Waals surface area contributed by atoms with Crippen LogP contribution in [-0.2, 0) is 9.47 Å². The van der Waals surface area contributed by atoms with E-state index in [0.29, 0.717) is 26.2 Å². The van der Waals surface area contributed by atoms with E-state index in [9.17, 15) is 4.79 Å².